The molecule has 2 amide bonds. The Morgan fingerprint density at radius 3 is 2.54 bits per heavy atom. The monoisotopic (exact) mass is 491 g/mol. The van der Waals surface area contributed by atoms with Gasteiger partial charge in [0, 0.05) is 29.4 Å². The van der Waals surface area contributed by atoms with Gasteiger partial charge in [0.2, 0.25) is 0 Å². The van der Waals surface area contributed by atoms with Gasteiger partial charge >= 0.3 is 0 Å². The minimum Gasteiger partial charge on any atom is -0.352 e. The first-order valence-corrected chi connectivity index (χ1v) is 12.6. The fourth-order valence-electron chi connectivity index (χ4n) is 4.31. The summed E-state index contributed by atoms with van der Waals surface area (Å²) in [5.74, 6) is -3.22. The molecule has 1 aliphatic heterocycles. The molecule has 0 spiro atoms. The molecule has 178 valence electrons. The lowest BCUT2D eigenvalue weighted by Gasteiger charge is -2.23. The van der Waals surface area contributed by atoms with Crippen LogP contribution in [0.1, 0.15) is 51.5 Å². The minimum atomic E-state index is -1.30. The fraction of sp³-hybridized carbons (Fsp3) is 0.259. The van der Waals surface area contributed by atoms with E-state index in [0.717, 1.165) is 36.1 Å². The molecular formula is C27H23F2N3O2S. The van der Waals surface area contributed by atoms with Crippen LogP contribution in [0.15, 0.2) is 52.5 Å². The third-order valence-electron chi connectivity index (χ3n) is 6.44. The summed E-state index contributed by atoms with van der Waals surface area (Å²) in [6.07, 6.45) is 5.52. The van der Waals surface area contributed by atoms with Gasteiger partial charge in [0.25, 0.3) is 11.8 Å². The van der Waals surface area contributed by atoms with E-state index < -0.39 is 23.5 Å². The number of pyridine rings is 1. The van der Waals surface area contributed by atoms with Crippen LogP contribution in [-0.4, -0.2) is 35.8 Å². The highest BCUT2D eigenvalue weighted by Gasteiger charge is 2.35. The van der Waals surface area contributed by atoms with E-state index in [9.17, 15) is 18.4 Å². The summed E-state index contributed by atoms with van der Waals surface area (Å²) in [6.45, 7) is 2.58. The molecule has 1 aliphatic carbocycles. The van der Waals surface area contributed by atoms with Crippen LogP contribution in [-0.2, 0) is 4.79 Å². The molecule has 0 bridgehead atoms. The maximum atomic E-state index is 14.7. The molecule has 5 nitrogen and oxygen atoms in total. The summed E-state index contributed by atoms with van der Waals surface area (Å²) >= 11 is 1.36. The van der Waals surface area contributed by atoms with Crippen molar-refractivity contribution in [2.45, 2.75) is 30.7 Å². The van der Waals surface area contributed by atoms with Crippen LogP contribution in [0.2, 0.25) is 0 Å². The molecule has 1 unspecified atom stereocenters. The van der Waals surface area contributed by atoms with Crippen LogP contribution < -0.4 is 5.32 Å². The zero-order valence-corrected chi connectivity index (χ0v) is 20.1. The number of amides is 2. The first kappa shape index (κ1) is 23.4. The number of aliphatic imine (C=N–C) groups is 1. The predicted octanol–water partition coefficient (Wildman–Crippen LogP) is 5.29. The summed E-state index contributed by atoms with van der Waals surface area (Å²) in [7, 11) is 0. The van der Waals surface area contributed by atoms with Crippen molar-refractivity contribution in [3.8, 4) is 11.1 Å². The van der Waals surface area contributed by atoms with Gasteiger partial charge in [-0.2, -0.15) is 0 Å². The predicted molar refractivity (Wildman–Crippen MR) is 132 cm³/mol. The Balaban J connectivity index is 1.65. The highest BCUT2D eigenvalue weighted by atomic mass is 32.2. The molecule has 2 aromatic carbocycles. The van der Waals surface area contributed by atoms with Gasteiger partial charge in [-0.3, -0.25) is 9.59 Å². The van der Waals surface area contributed by atoms with Crippen LogP contribution >= 0.6 is 11.8 Å². The first-order valence-electron chi connectivity index (χ1n) is 11.4. The Labute approximate surface area is 206 Å². The molecule has 0 saturated heterocycles. The number of carbonyl (C=O) groups is 2. The molecular weight excluding hydrogens is 468 g/mol. The third-order valence-corrected chi connectivity index (χ3v) is 7.07. The molecule has 35 heavy (non-hydrogen) atoms. The number of nitrogens with one attached hydrogen (secondary N) is 1. The second-order valence-electron chi connectivity index (χ2n) is 8.86. The lowest BCUT2D eigenvalue weighted by Crippen LogP contribution is -2.25. The van der Waals surface area contributed by atoms with Crippen LogP contribution in [0.25, 0.3) is 11.1 Å². The fourth-order valence-corrected chi connectivity index (χ4v) is 4.74. The Morgan fingerprint density at radius 2 is 1.86 bits per heavy atom. The zero-order chi connectivity index (χ0) is 24.7. The van der Waals surface area contributed by atoms with E-state index in [1.807, 2.05) is 25.3 Å². The van der Waals surface area contributed by atoms with Crippen LogP contribution in [0, 0.1) is 24.5 Å². The first-order chi connectivity index (χ1) is 16.9. The van der Waals surface area contributed by atoms with Crippen molar-refractivity contribution in [1.29, 1.82) is 0 Å². The number of fused-ring (bicyclic) bond motifs is 1. The van der Waals surface area contributed by atoms with Crippen molar-refractivity contribution in [1.82, 2.24) is 10.3 Å². The lowest BCUT2D eigenvalue weighted by atomic mass is 9.85. The van der Waals surface area contributed by atoms with Gasteiger partial charge in [0.05, 0.1) is 10.7 Å². The Kier molecular flexibility index (Phi) is 6.23. The maximum absolute atomic E-state index is 14.7. The van der Waals surface area contributed by atoms with Gasteiger partial charge in [-0.05, 0) is 79.0 Å². The molecule has 1 atom stereocenters. The van der Waals surface area contributed by atoms with E-state index in [1.54, 1.807) is 12.1 Å². The number of thioether (sulfide) groups is 1. The van der Waals surface area contributed by atoms with Gasteiger partial charge in [-0.15, -0.1) is 11.8 Å². The van der Waals surface area contributed by atoms with E-state index >= 15 is 0 Å². The lowest BCUT2D eigenvalue weighted by molar-refractivity contribution is -0.118. The second-order valence-corrected chi connectivity index (χ2v) is 9.69. The molecule has 1 fully saturated rings. The van der Waals surface area contributed by atoms with Gasteiger partial charge in [0.1, 0.15) is 17.6 Å². The number of hydrogen-bond donors (Lipinski definition) is 1. The summed E-state index contributed by atoms with van der Waals surface area (Å²) in [5.41, 5.74) is 3.29. The molecule has 3 aromatic rings. The van der Waals surface area contributed by atoms with Crippen molar-refractivity contribution in [3.63, 3.8) is 0 Å². The zero-order valence-electron chi connectivity index (χ0n) is 19.3. The Hall–Kier alpha value is -3.39. The van der Waals surface area contributed by atoms with E-state index in [4.69, 9.17) is 0 Å². The number of benzene rings is 2. The molecule has 1 saturated carbocycles. The molecule has 0 radical (unpaired) electrons. The normalized spacial score (nSPS) is 16.8. The highest BCUT2D eigenvalue weighted by molar-refractivity contribution is 7.98. The average Bonchev–Trinajstić information content (AvgIpc) is 3.68. The van der Waals surface area contributed by atoms with E-state index in [-0.39, 0.29) is 17.2 Å². The number of carbonyl (C=O) groups excluding carboxylic acids is 2. The van der Waals surface area contributed by atoms with E-state index in [2.05, 4.69) is 15.3 Å². The maximum Gasteiger partial charge on any atom is 0.259 e. The van der Waals surface area contributed by atoms with E-state index in [0.29, 0.717) is 34.2 Å². The number of hydrogen-bond acceptors (Lipinski definition) is 4. The highest BCUT2D eigenvalue weighted by Crippen LogP contribution is 2.39. The largest absolute Gasteiger partial charge is 0.352 e. The molecule has 1 N–H and O–H groups in total. The van der Waals surface area contributed by atoms with Crippen LogP contribution in [0.3, 0.4) is 0 Å². The van der Waals surface area contributed by atoms with Crippen molar-refractivity contribution in [2.24, 2.45) is 10.9 Å². The molecule has 2 aliphatic rings. The number of aromatic nitrogens is 1. The molecule has 1 aromatic heterocycles. The summed E-state index contributed by atoms with van der Waals surface area (Å²) in [6, 6.07) is 10.8. The molecule has 5 rings (SSSR count). The quantitative estimate of drug-likeness (QED) is 0.476. The summed E-state index contributed by atoms with van der Waals surface area (Å²) in [4.78, 5) is 34.1. The van der Waals surface area contributed by atoms with Gasteiger partial charge < -0.3 is 5.32 Å². The number of rotatable bonds is 6. The smallest absolute Gasteiger partial charge is 0.259 e. The average molecular weight is 492 g/mol. The second kappa shape index (κ2) is 9.34. The van der Waals surface area contributed by atoms with Crippen LogP contribution in [0.4, 0.5) is 8.78 Å². The number of halogens is 2. The van der Waals surface area contributed by atoms with Gasteiger partial charge in [0.15, 0.2) is 0 Å². The van der Waals surface area contributed by atoms with Gasteiger partial charge in [-0.25, -0.2) is 18.8 Å². The van der Waals surface area contributed by atoms with E-state index in [1.165, 1.54) is 24.0 Å². The van der Waals surface area contributed by atoms with Crippen molar-refractivity contribution >= 4 is 29.8 Å². The number of nitrogens with zero attached hydrogens (tertiary/aromatic N) is 2. The van der Waals surface area contributed by atoms with Crippen molar-refractivity contribution < 1.29 is 18.4 Å². The SMILES string of the molecule is CSc1cc(-c2cc(C(=O)NCC3CC3)ccc2C)c2c(n1)C(c1c(F)cccc1F)C(=O)N=C2. The topological polar surface area (TPSA) is 71.4 Å². The Morgan fingerprint density at radius 1 is 1.11 bits per heavy atom. The standard InChI is InChI=1S/C27H23F2N3O2S/c1-14-6-9-16(26(33)30-12-15-7-8-15)10-17(14)18-11-22(35-2)32-25-19(18)13-31-27(34)24(25)23-20(28)4-3-5-21(23)29/h3-6,9-11,13,15,24H,7-8,12H2,1-2H3,(H,30,33). The van der Waals surface area contributed by atoms with Gasteiger partial charge in [-0.1, -0.05) is 12.1 Å². The van der Waals surface area contributed by atoms with Crippen LogP contribution in [0.5, 0.6) is 0 Å². The molecule has 8 heteroatoms. The number of aryl methyl sites for hydroxylation is 1. The third kappa shape index (κ3) is 4.50. The summed E-state index contributed by atoms with van der Waals surface area (Å²) in [5, 5.41) is 3.57. The van der Waals surface area contributed by atoms with Crippen molar-refractivity contribution in [2.75, 3.05) is 12.8 Å². The van der Waals surface area contributed by atoms with Crippen molar-refractivity contribution in [3.05, 3.63) is 82.0 Å². The summed E-state index contributed by atoms with van der Waals surface area (Å²) < 4.78 is 29.5. The Bertz CT molecular complexity index is 1360. The minimum absolute atomic E-state index is 0.152. The molecule has 2 heterocycles.